The number of carbonyl (C=O) groups is 2. The maximum atomic E-state index is 14.2. The van der Waals surface area contributed by atoms with E-state index in [0.29, 0.717) is 50.0 Å². The number of carbonyl (C=O) groups excluding carboxylic acids is 2. The Balaban J connectivity index is 1.40. The number of ketones is 1. The van der Waals surface area contributed by atoms with E-state index < -0.39 is 23.0 Å². The summed E-state index contributed by atoms with van der Waals surface area (Å²) in [6.07, 6.45) is 2.06. The van der Waals surface area contributed by atoms with Gasteiger partial charge in [0.1, 0.15) is 17.5 Å². The Morgan fingerprint density at radius 3 is 2.49 bits per heavy atom. The van der Waals surface area contributed by atoms with Crippen LogP contribution >= 0.6 is 0 Å². The largest absolute Gasteiger partial charge is 0.396 e. The van der Waals surface area contributed by atoms with Crippen molar-refractivity contribution in [1.29, 1.82) is 0 Å². The molecule has 0 saturated carbocycles. The Bertz CT molecular complexity index is 1120. The fourth-order valence-electron chi connectivity index (χ4n) is 5.31. The molecule has 6 nitrogen and oxygen atoms in total. The van der Waals surface area contributed by atoms with E-state index in [4.69, 9.17) is 5.11 Å². The van der Waals surface area contributed by atoms with Gasteiger partial charge in [0.2, 0.25) is 0 Å². The van der Waals surface area contributed by atoms with Crippen molar-refractivity contribution in [3.63, 3.8) is 0 Å². The van der Waals surface area contributed by atoms with Gasteiger partial charge < -0.3 is 20.2 Å². The Morgan fingerprint density at radius 1 is 1.09 bits per heavy atom. The van der Waals surface area contributed by atoms with Crippen LogP contribution in [-0.4, -0.2) is 53.6 Å². The van der Waals surface area contributed by atoms with E-state index in [1.165, 1.54) is 18.2 Å². The number of urea groups is 1. The van der Waals surface area contributed by atoms with Crippen molar-refractivity contribution in [2.75, 3.05) is 31.1 Å². The van der Waals surface area contributed by atoms with E-state index in [2.05, 4.69) is 10.2 Å². The number of Topliss-reactive ketones (excluding diaryl/α,β-unsaturated/α-hetero) is 1. The highest BCUT2D eigenvalue weighted by Crippen LogP contribution is 2.42. The van der Waals surface area contributed by atoms with Gasteiger partial charge in [-0.15, -0.1) is 0 Å². The van der Waals surface area contributed by atoms with Crippen LogP contribution in [0, 0.1) is 17.5 Å². The number of aliphatic hydroxyl groups is 1. The highest BCUT2D eigenvalue weighted by Gasteiger charge is 2.46. The molecule has 2 amide bonds. The molecule has 4 rings (SSSR count). The molecule has 35 heavy (non-hydrogen) atoms. The van der Waals surface area contributed by atoms with Crippen molar-refractivity contribution in [2.45, 2.75) is 51.1 Å². The van der Waals surface area contributed by atoms with Gasteiger partial charge in [-0.1, -0.05) is 0 Å². The number of fused-ring (bicyclic) bond motifs is 1. The maximum absolute atomic E-state index is 14.2. The van der Waals surface area contributed by atoms with Gasteiger partial charge in [0, 0.05) is 62.1 Å². The summed E-state index contributed by atoms with van der Waals surface area (Å²) in [5.74, 6) is -1.93. The summed E-state index contributed by atoms with van der Waals surface area (Å²) in [5.41, 5.74) is 1.17. The van der Waals surface area contributed by atoms with Crippen LogP contribution in [0.25, 0.3) is 0 Å². The number of nitrogens with zero attached hydrogens (tertiary/aromatic N) is 2. The molecule has 0 aliphatic carbocycles. The normalized spacial score (nSPS) is 17.0. The molecule has 0 radical (unpaired) electrons. The fraction of sp³-hybridized carbons (Fsp3) is 0.462. The SMILES string of the molecule is CCN1c2ccc(F)cc2C(=O)CC12CCN(C(=O)NCc1cc(CCCO)c(F)cc1F)CC2. The van der Waals surface area contributed by atoms with E-state index in [9.17, 15) is 22.8 Å². The minimum absolute atomic E-state index is 0.0861. The van der Waals surface area contributed by atoms with Crippen molar-refractivity contribution < 1.29 is 27.9 Å². The summed E-state index contributed by atoms with van der Waals surface area (Å²) in [6, 6.07) is 6.15. The molecule has 2 aliphatic heterocycles. The first-order valence-corrected chi connectivity index (χ1v) is 12.0. The van der Waals surface area contributed by atoms with Crippen LogP contribution in [0.15, 0.2) is 30.3 Å². The van der Waals surface area contributed by atoms with E-state index >= 15 is 0 Å². The summed E-state index contributed by atoms with van der Waals surface area (Å²) < 4.78 is 41.9. The van der Waals surface area contributed by atoms with Crippen LogP contribution in [-0.2, 0) is 13.0 Å². The predicted molar refractivity (Wildman–Crippen MR) is 126 cm³/mol. The number of hydrogen-bond acceptors (Lipinski definition) is 4. The van der Waals surface area contributed by atoms with Crippen molar-refractivity contribution in [3.8, 4) is 0 Å². The highest BCUT2D eigenvalue weighted by atomic mass is 19.1. The molecule has 0 unspecified atom stereocenters. The van der Waals surface area contributed by atoms with Crippen LogP contribution in [0.3, 0.4) is 0 Å². The average Bonchev–Trinajstić information content (AvgIpc) is 2.84. The molecule has 1 spiro atoms. The van der Waals surface area contributed by atoms with Crippen LogP contribution in [0.2, 0.25) is 0 Å². The second-order valence-electron chi connectivity index (χ2n) is 9.24. The number of nitrogens with one attached hydrogen (secondary N) is 1. The molecule has 0 atom stereocenters. The summed E-state index contributed by atoms with van der Waals surface area (Å²) in [7, 11) is 0. The molecule has 0 aromatic heterocycles. The van der Waals surface area contributed by atoms with E-state index in [-0.39, 0.29) is 43.4 Å². The lowest BCUT2D eigenvalue weighted by Crippen LogP contribution is -2.60. The Morgan fingerprint density at radius 2 is 1.80 bits per heavy atom. The zero-order chi connectivity index (χ0) is 25.2. The monoisotopic (exact) mass is 489 g/mol. The molecule has 1 saturated heterocycles. The Labute approximate surface area is 202 Å². The van der Waals surface area contributed by atoms with Crippen LogP contribution in [0.4, 0.5) is 23.7 Å². The van der Waals surface area contributed by atoms with Crippen molar-refractivity contribution in [3.05, 3.63) is 64.5 Å². The Hall–Kier alpha value is -3.07. The van der Waals surface area contributed by atoms with Crippen molar-refractivity contribution >= 4 is 17.5 Å². The molecule has 2 heterocycles. The lowest BCUT2D eigenvalue weighted by atomic mass is 9.76. The summed E-state index contributed by atoms with van der Waals surface area (Å²) >= 11 is 0. The Kier molecular flexibility index (Phi) is 7.35. The van der Waals surface area contributed by atoms with Gasteiger partial charge in [0.15, 0.2) is 5.78 Å². The van der Waals surface area contributed by atoms with E-state index in [1.54, 1.807) is 11.0 Å². The smallest absolute Gasteiger partial charge is 0.317 e. The summed E-state index contributed by atoms with van der Waals surface area (Å²) in [5, 5.41) is 11.7. The number of likely N-dealkylation sites (tertiary alicyclic amines) is 1. The number of hydrogen-bond donors (Lipinski definition) is 2. The minimum atomic E-state index is -0.734. The van der Waals surface area contributed by atoms with Gasteiger partial charge in [0.05, 0.1) is 5.54 Å². The lowest BCUT2D eigenvalue weighted by Gasteiger charge is -2.52. The zero-order valence-electron chi connectivity index (χ0n) is 19.7. The number of piperidine rings is 1. The second-order valence-corrected chi connectivity index (χ2v) is 9.24. The maximum Gasteiger partial charge on any atom is 0.317 e. The first-order chi connectivity index (χ1) is 16.8. The van der Waals surface area contributed by atoms with Gasteiger partial charge in [0.25, 0.3) is 0 Å². The topological polar surface area (TPSA) is 72.9 Å². The third-order valence-electron chi connectivity index (χ3n) is 7.16. The molecule has 2 aromatic rings. The third-order valence-corrected chi connectivity index (χ3v) is 7.16. The predicted octanol–water partition coefficient (Wildman–Crippen LogP) is 4.19. The van der Waals surface area contributed by atoms with Gasteiger partial charge in [-0.2, -0.15) is 0 Å². The highest BCUT2D eigenvalue weighted by molar-refractivity contribution is 6.04. The van der Waals surface area contributed by atoms with E-state index in [0.717, 1.165) is 11.8 Å². The van der Waals surface area contributed by atoms with Crippen LogP contribution in [0.1, 0.15) is 54.1 Å². The minimum Gasteiger partial charge on any atom is -0.396 e. The molecule has 2 aromatic carbocycles. The van der Waals surface area contributed by atoms with Crippen LogP contribution < -0.4 is 10.2 Å². The van der Waals surface area contributed by atoms with Gasteiger partial charge in [-0.25, -0.2) is 18.0 Å². The number of benzene rings is 2. The standard InChI is InChI=1S/C26H30F3N3O3/c1-2-32-23-6-5-19(27)13-20(23)24(34)15-26(32)7-9-31(10-8-26)25(35)30-16-18-12-17(4-3-11-33)21(28)14-22(18)29/h5-6,12-14,33H,2-4,7-11,15-16H2,1H3,(H,30,35). The van der Waals surface area contributed by atoms with Crippen molar-refractivity contribution in [1.82, 2.24) is 10.2 Å². The van der Waals surface area contributed by atoms with Crippen molar-refractivity contribution in [2.24, 2.45) is 0 Å². The lowest BCUT2D eigenvalue weighted by molar-refractivity contribution is 0.0885. The van der Waals surface area contributed by atoms with Gasteiger partial charge in [-0.3, -0.25) is 4.79 Å². The summed E-state index contributed by atoms with van der Waals surface area (Å²) in [6.45, 7) is 3.30. The number of amides is 2. The van der Waals surface area contributed by atoms with Gasteiger partial charge >= 0.3 is 6.03 Å². The summed E-state index contributed by atoms with van der Waals surface area (Å²) in [4.78, 5) is 29.4. The molecular weight excluding hydrogens is 459 g/mol. The zero-order valence-corrected chi connectivity index (χ0v) is 19.7. The quantitative estimate of drug-likeness (QED) is 0.639. The number of aliphatic hydroxyl groups excluding tert-OH is 1. The molecule has 0 bridgehead atoms. The molecular formula is C26H30F3N3O3. The van der Waals surface area contributed by atoms with Crippen LogP contribution in [0.5, 0.6) is 0 Å². The number of aryl methyl sites for hydroxylation is 1. The molecule has 2 aliphatic rings. The molecule has 9 heteroatoms. The van der Waals surface area contributed by atoms with Gasteiger partial charge in [-0.05, 0) is 62.4 Å². The first kappa shape index (κ1) is 25.0. The molecule has 188 valence electrons. The third kappa shape index (κ3) is 5.00. The fourth-order valence-corrected chi connectivity index (χ4v) is 5.31. The number of halogens is 3. The molecule has 1 fully saturated rings. The number of anilines is 1. The molecule has 2 N–H and O–H groups in total. The number of rotatable bonds is 6. The second kappa shape index (κ2) is 10.3. The average molecular weight is 490 g/mol. The van der Waals surface area contributed by atoms with E-state index in [1.807, 2.05) is 6.92 Å². The first-order valence-electron chi connectivity index (χ1n) is 12.0.